The van der Waals surface area contributed by atoms with Gasteiger partial charge in [0.15, 0.2) is 0 Å². The second kappa shape index (κ2) is 6.09. The Labute approximate surface area is 125 Å². The number of halogens is 1. The molecule has 5 nitrogen and oxygen atoms in total. The Morgan fingerprint density at radius 3 is 2.75 bits per heavy atom. The number of ether oxygens (including phenoxy) is 1. The summed E-state index contributed by atoms with van der Waals surface area (Å²) in [7, 11) is 1.55. The van der Waals surface area contributed by atoms with E-state index in [0.717, 1.165) is 5.69 Å². The summed E-state index contributed by atoms with van der Waals surface area (Å²) in [4.78, 5) is 12.2. The van der Waals surface area contributed by atoms with Crippen molar-refractivity contribution < 1.29 is 14.1 Å². The maximum atomic E-state index is 12.2. The van der Waals surface area contributed by atoms with E-state index in [1.165, 1.54) is 0 Å². The minimum Gasteiger partial charge on any atom is -0.497 e. The van der Waals surface area contributed by atoms with E-state index in [1.807, 2.05) is 13.8 Å². The van der Waals surface area contributed by atoms with Crippen LogP contribution in [0.2, 0.25) is 0 Å². The highest BCUT2D eigenvalue weighted by molar-refractivity contribution is 9.10. The standard InChI is InChI=1S/C14H15BrN2O3/c1-8(2)12-7-13(20-17-12)16-14(18)10-6-9(19-3)4-5-11(10)15/h4-8H,1-3H3,(H,16,18). The first-order valence-corrected chi connectivity index (χ1v) is 6.92. The molecule has 0 atom stereocenters. The van der Waals surface area contributed by atoms with Gasteiger partial charge in [-0.1, -0.05) is 19.0 Å². The molecule has 0 fully saturated rings. The average Bonchev–Trinajstić information content (AvgIpc) is 2.88. The Bertz CT molecular complexity index is 623. The molecule has 1 aromatic carbocycles. The summed E-state index contributed by atoms with van der Waals surface area (Å²) < 4.78 is 10.9. The third-order valence-electron chi connectivity index (χ3n) is 2.77. The normalized spacial score (nSPS) is 10.7. The van der Waals surface area contributed by atoms with Gasteiger partial charge in [0.1, 0.15) is 5.75 Å². The number of carbonyl (C=O) groups excluding carboxylic acids is 1. The topological polar surface area (TPSA) is 64.4 Å². The second-order valence-electron chi connectivity index (χ2n) is 4.57. The molecule has 1 amide bonds. The van der Waals surface area contributed by atoms with E-state index in [9.17, 15) is 4.79 Å². The van der Waals surface area contributed by atoms with Crippen molar-refractivity contribution in [3.05, 3.63) is 40.0 Å². The van der Waals surface area contributed by atoms with E-state index in [-0.39, 0.29) is 11.8 Å². The van der Waals surface area contributed by atoms with Crippen molar-refractivity contribution in [2.75, 3.05) is 12.4 Å². The van der Waals surface area contributed by atoms with Gasteiger partial charge in [-0.2, -0.15) is 0 Å². The fraction of sp³-hybridized carbons (Fsp3) is 0.286. The van der Waals surface area contributed by atoms with Crippen LogP contribution in [0.25, 0.3) is 0 Å². The summed E-state index contributed by atoms with van der Waals surface area (Å²) in [6, 6.07) is 6.90. The minimum absolute atomic E-state index is 0.243. The zero-order chi connectivity index (χ0) is 14.7. The molecule has 1 aromatic heterocycles. The van der Waals surface area contributed by atoms with Crippen molar-refractivity contribution in [2.45, 2.75) is 19.8 Å². The molecule has 2 rings (SSSR count). The number of hydrogen-bond acceptors (Lipinski definition) is 4. The van der Waals surface area contributed by atoms with Gasteiger partial charge in [-0.25, -0.2) is 0 Å². The summed E-state index contributed by atoms with van der Waals surface area (Å²) in [5.41, 5.74) is 1.26. The maximum absolute atomic E-state index is 12.2. The van der Waals surface area contributed by atoms with Gasteiger partial charge in [-0.15, -0.1) is 0 Å². The van der Waals surface area contributed by atoms with E-state index in [0.29, 0.717) is 21.7 Å². The fourth-order valence-corrected chi connectivity index (χ4v) is 2.03. The predicted octanol–water partition coefficient (Wildman–Crippen LogP) is 3.82. The van der Waals surface area contributed by atoms with Gasteiger partial charge >= 0.3 is 0 Å². The Morgan fingerprint density at radius 2 is 2.15 bits per heavy atom. The molecule has 0 saturated heterocycles. The van der Waals surface area contributed by atoms with E-state index in [1.54, 1.807) is 31.4 Å². The molecule has 0 aliphatic carbocycles. The second-order valence-corrected chi connectivity index (χ2v) is 5.42. The van der Waals surface area contributed by atoms with Crippen LogP contribution in [0.5, 0.6) is 5.75 Å². The van der Waals surface area contributed by atoms with E-state index < -0.39 is 0 Å². The molecular formula is C14H15BrN2O3. The third kappa shape index (κ3) is 3.19. The van der Waals surface area contributed by atoms with Gasteiger partial charge < -0.3 is 9.26 Å². The number of benzene rings is 1. The molecule has 0 spiro atoms. The van der Waals surface area contributed by atoms with E-state index >= 15 is 0 Å². The maximum Gasteiger partial charge on any atom is 0.259 e. The lowest BCUT2D eigenvalue weighted by molar-refractivity contribution is 0.102. The highest BCUT2D eigenvalue weighted by Crippen LogP contribution is 2.24. The smallest absolute Gasteiger partial charge is 0.259 e. The average molecular weight is 339 g/mol. The molecule has 6 heteroatoms. The summed E-state index contributed by atoms with van der Waals surface area (Å²) in [5.74, 6) is 0.891. The zero-order valence-corrected chi connectivity index (χ0v) is 13.0. The summed E-state index contributed by atoms with van der Waals surface area (Å²) in [5, 5.41) is 6.56. The van der Waals surface area contributed by atoms with Crippen molar-refractivity contribution in [1.82, 2.24) is 5.16 Å². The van der Waals surface area contributed by atoms with Crippen molar-refractivity contribution in [1.29, 1.82) is 0 Å². The molecule has 0 aliphatic heterocycles. The third-order valence-corrected chi connectivity index (χ3v) is 3.47. The van der Waals surface area contributed by atoms with Crippen LogP contribution in [0.15, 0.2) is 33.3 Å². The first-order valence-electron chi connectivity index (χ1n) is 6.12. The molecule has 0 saturated carbocycles. The number of methoxy groups -OCH3 is 1. The molecule has 0 bridgehead atoms. The van der Waals surface area contributed by atoms with Crippen molar-refractivity contribution in [3.8, 4) is 5.75 Å². The number of nitrogens with zero attached hydrogens (tertiary/aromatic N) is 1. The van der Waals surface area contributed by atoms with Crippen LogP contribution in [0.3, 0.4) is 0 Å². The SMILES string of the molecule is COc1ccc(Br)c(C(=O)Nc2cc(C(C)C)no2)c1. The molecule has 2 aromatic rings. The van der Waals surface area contributed by atoms with Crippen LogP contribution in [0.1, 0.15) is 35.8 Å². The largest absolute Gasteiger partial charge is 0.497 e. The molecule has 1 heterocycles. The molecule has 0 unspecified atom stereocenters. The molecule has 20 heavy (non-hydrogen) atoms. The van der Waals surface area contributed by atoms with Gasteiger partial charge in [0, 0.05) is 10.5 Å². The predicted molar refractivity (Wildman–Crippen MR) is 79.2 cm³/mol. The molecular weight excluding hydrogens is 324 g/mol. The lowest BCUT2D eigenvalue weighted by Gasteiger charge is -2.06. The van der Waals surface area contributed by atoms with Gasteiger partial charge in [-0.3, -0.25) is 10.1 Å². The fourth-order valence-electron chi connectivity index (χ4n) is 1.60. The van der Waals surface area contributed by atoms with Crippen LogP contribution >= 0.6 is 15.9 Å². The van der Waals surface area contributed by atoms with E-state index in [2.05, 4.69) is 26.4 Å². The van der Waals surface area contributed by atoms with Crippen LogP contribution in [-0.2, 0) is 0 Å². The van der Waals surface area contributed by atoms with Gasteiger partial charge in [-0.05, 0) is 40.0 Å². The number of anilines is 1. The first kappa shape index (κ1) is 14.6. The molecule has 1 N–H and O–H groups in total. The van der Waals surface area contributed by atoms with Crippen LogP contribution in [0.4, 0.5) is 5.88 Å². The number of aromatic nitrogens is 1. The van der Waals surface area contributed by atoms with Gasteiger partial charge in [0.25, 0.3) is 5.91 Å². The van der Waals surface area contributed by atoms with Crippen LogP contribution < -0.4 is 10.1 Å². The Hall–Kier alpha value is -1.82. The minimum atomic E-state index is -0.290. The van der Waals surface area contributed by atoms with Crippen molar-refractivity contribution in [2.24, 2.45) is 0 Å². The quantitative estimate of drug-likeness (QED) is 0.920. The molecule has 0 radical (unpaired) electrons. The van der Waals surface area contributed by atoms with Gasteiger partial charge in [0.05, 0.1) is 18.4 Å². The zero-order valence-electron chi connectivity index (χ0n) is 11.4. The highest BCUT2D eigenvalue weighted by atomic mass is 79.9. The lowest BCUT2D eigenvalue weighted by atomic mass is 10.1. The monoisotopic (exact) mass is 338 g/mol. The Balaban J connectivity index is 2.19. The van der Waals surface area contributed by atoms with Gasteiger partial charge in [0.2, 0.25) is 5.88 Å². The summed E-state index contributed by atoms with van der Waals surface area (Å²) in [6.45, 7) is 4.00. The Kier molecular flexibility index (Phi) is 4.44. The number of nitrogens with one attached hydrogen (secondary N) is 1. The highest BCUT2D eigenvalue weighted by Gasteiger charge is 2.15. The lowest BCUT2D eigenvalue weighted by Crippen LogP contribution is -2.12. The molecule has 0 aliphatic rings. The number of rotatable bonds is 4. The first-order chi connectivity index (χ1) is 9.51. The summed E-state index contributed by atoms with van der Waals surface area (Å²) >= 11 is 3.34. The van der Waals surface area contributed by atoms with Crippen LogP contribution in [0, 0.1) is 0 Å². The number of hydrogen-bond donors (Lipinski definition) is 1. The van der Waals surface area contributed by atoms with Crippen molar-refractivity contribution in [3.63, 3.8) is 0 Å². The van der Waals surface area contributed by atoms with Crippen LogP contribution in [-0.4, -0.2) is 18.2 Å². The number of carbonyl (C=O) groups is 1. The van der Waals surface area contributed by atoms with Crippen molar-refractivity contribution >= 4 is 27.7 Å². The van der Waals surface area contributed by atoms with E-state index in [4.69, 9.17) is 9.26 Å². The Morgan fingerprint density at radius 1 is 1.40 bits per heavy atom. The summed E-state index contributed by atoms with van der Waals surface area (Å²) in [6.07, 6.45) is 0. The number of amides is 1. The molecule has 106 valence electrons.